The summed E-state index contributed by atoms with van der Waals surface area (Å²) in [6.07, 6.45) is 4.91. The van der Waals surface area contributed by atoms with E-state index in [1.807, 2.05) is 0 Å². The molecule has 0 heterocycles. The highest BCUT2D eigenvalue weighted by Gasteiger charge is 2.06. The van der Waals surface area contributed by atoms with Gasteiger partial charge in [0.1, 0.15) is 0 Å². The quantitative estimate of drug-likeness (QED) is 0.554. The Bertz CT molecular complexity index is 112. The van der Waals surface area contributed by atoms with E-state index in [2.05, 4.69) is 30.9 Å². The average molecular weight is 233 g/mol. The topological polar surface area (TPSA) is 21.3 Å². The fourth-order valence-electron chi connectivity index (χ4n) is 1.44. The third-order valence-electron chi connectivity index (χ3n) is 2.25. The molecule has 1 N–H and O–H groups in total. The molecule has 0 aromatic rings. The predicted octanol–water partition coefficient (Wildman–Crippen LogP) is 2.92. The lowest BCUT2D eigenvalue weighted by atomic mass is 10.2. The minimum Gasteiger partial charge on any atom is -0.385 e. The highest BCUT2D eigenvalue weighted by molar-refractivity contribution is 7.99. The molecule has 0 aliphatic heterocycles. The number of methoxy groups -OCH3 is 1. The maximum absolute atomic E-state index is 5.09. The van der Waals surface area contributed by atoms with E-state index in [0.717, 1.165) is 13.2 Å². The van der Waals surface area contributed by atoms with Gasteiger partial charge >= 0.3 is 0 Å². The summed E-state index contributed by atoms with van der Waals surface area (Å²) in [6.45, 7) is 6.50. The number of rotatable bonds is 11. The van der Waals surface area contributed by atoms with Gasteiger partial charge in [0.2, 0.25) is 0 Å². The second-order valence-electron chi connectivity index (χ2n) is 3.86. The van der Waals surface area contributed by atoms with E-state index >= 15 is 0 Å². The summed E-state index contributed by atoms with van der Waals surface area (Å²) in [5, 5.41) is 3.61. The molecular formula is C12H27NOS. The van der Waals surface area contributed by atoms with Gasteiger partial charge in [-0.2, -0.15) is 11.8 Å². The van der Waals surface area contributed by atoms with Gasteiger partial charge in [0.05, 0.1) is 0 Å². The summed E-state index contributed by atoms with van der Waals surface area (Å²) < 4.78 is 5.09. The SMILES string of the molecule is CCCNC(CCCOC)CSCCC. The molecule has 3 heteroatoms. The van der Waals surface area contributed by atoms with Crippen LogP contribution in [-0.2, 0) is 4.74 Å². The van der Waals surface area contributed by atoms with Crippen molar-refractivity contribution in [2.75, 3.05) is 31.8 Å². The molecule has 0 saturated carbocycles. The maximum atomic E-state index is 5.09. The third-order valence-corrected chi connectivity index (χ3v) is 3.59. The summed E-state index contributed by atoms with van der Waals surface area (Å²) >= 11 is 2.07. The second kappa shape index (κ2) is 12.3. The van der Waals surface area contributed by atoms with Crippen LogP contribution >= 0.6 is 11.8 Å². The van der Waals surface area contributed by atoms with Gasteiger partial charge in [-0.15, -0.1) is 0 Å². The first-order chi connectivity index (χ1) is 7.35. The predicted molar refractivity (Wildman–Crippen MR) is 70.8 cm³/mol. The molecule has 0 spiro atoms. The Kier molecular flexibility index (Phi) is 12.6. The van der Waals surface area contributed by atoms with Crippen LogP contribution in [0.3, 0.4) is 0 Å². The van der Waals surface area contributed by atoms with Crippen molar-refractivity contribution in [3.05, 3.63) is 0 Å². The first-order valence-electron chi connectivity index (χ1n) is 6.15. The number of ether oxygens (including phenoxy) is 1. The molecule has 0 fully saturated rings. The zero-order valence-electron chi connectivity index (χ0n) is 10.6. The van der Waals surface area contributed by atoms with Crippen LogP contribution in [0.15, 0.2) is 0 Å². The fourth-order valence-corrected chi connectivity index (χ4v) is 2.46. The van der Waals surface area contributed by atoms with E-state index in [4.69, 9.17) is 4.74 Å². The number of hydrogen-bond acceptors (Lipinski definition) is 3. The second-order valence-corrected chi connectivity index (χ2v) is 5.01. The number of thioether (sulfide) groups is 1. The molecule has 92 valence electrons. The van der Waals surface area contributed by atoms with Crippen molar-refractivity contribution >= 4 is 11.8 Å². The van der Waals surface area contributed by atoms with Gasteiger partial charge in [-0.05, 0) is 38.0 Å². The molecule has 2 nitrogen and oxygen atoms in total. The Labute approximate surface area is 99.5 Å². The van der Waals surface area contributed by atoms with Gasteiger partial charge in [0, 0.05) is 25.5 Å². The van der Waals surface area contributed by atoms with Crippen molar-refractivity contribution in [1.29, 1.82) is 0 Å². The van der Waals surface area contributed by atoms with Crippen LogP contribution in [0.4, 0.5) is 0 Å². The molecule has 1 unspecified atom stereocenters. The van der Waals surface area contributed by atoms with E-state index in [0.29, 0.717) is 6.04 Å². The van der Waals surface area contributed by atoms with Crippen molar-refractivity contribution in [2.24, 2.45) is 0 Å². The zero-order valence-corrected chi connectivity index (χ0v) is 11.4. The molecule has 0 amide bonds. The molecule has 0 bridgehead atoms. The zero-order chi connectivity index (χ0) is 11.4. The van der Waals surface area contributed by atoms with Crippen LogP contribution in [0.5, 0.6) is 0 Å². The summed E-state index contributed by atoms with van der Waals surface area (Å²) in [5.74, 6) is 2.53. The van der Waals surface area contributed by atoms with Crippen LogP contribution in [0.25, 0.3) is 0 Å². The van der Waals surface area contributed by atoms with E-state index in [1.54, 1.807) is 7.11 Å². The highest BCUT2D eigenvalue weighted by Crippen LogP contribution is 2.09. The Balaban J connectivity index is 3.53. The molecule has 15 heavy (non-hydrogen) atoms. The average Bonchev–Trinajstić information content (AvgIpc) is 2.25. The van der Waals surface area contributed by atoms with Gasteiger partial charge in [-0.1, -0.05) is 13.8 Å². The molecule has 0 saturated heterocycles. The highest BCUT2D eigenvalue weighted by atomic mass is 32.2. The van der Waals surface area contributed by atoms with Crippen molar-refractivity contribution in [3.63, 3.8) is 0 Å². The first kappa shape index (κ1) is 15.3. The van der Waals surface area contributed by atoms with E-state index < -0.39 is 0 Å². The van der Waals surface area contributed by atoms with Crippen LogP contribution in [0.2, 0.25) is 0 Å². The van der Waals surface area contributed by atoms with Crippen LogP contribution < -0.4 is 5.32 Å². The van der Waals surface area contributed by atoms with Gasteiger partial charge < -0.3 is 10.1 Å². The van der Waals surface area contributed by atoms with Gasteiger partial charge in [-0.3, -0.25) is 0 Å². The Morgan fingerprint density at radius 3 is 2.67 bits per heavy atom. The Hall–Kier alpha value is 0.270. The Morgan fingerprint density at radius 1 is 1.27 bits per heavy atom. The number of hydrogen-bond donors (Lipinski definition) is 1. The number of nitrogens with one attached hydrogen (secondary N) is 1. The monoisotopic (exact) mass is 233 g/mol. The molecule has 1 atom stereocenters. The minimum atomic E-state index is 0.677. The van der Waals surface area contributed by atoms with Crippen molar-refractivity contribution < 1.29 is 4.74 Å². The van der Waals surface area contributed by atoms with Crippen molar-refractivity contribution in [1.82, 2.24) is 5.32 Å². The first-order valence-corrected chi connectivity index (χ1v) is 7.30. The third kappa shape index (κ3) is 10.6. The largest absolute Gasteiger partial charge is 0.385 e. The fraction of sp³-hybridized carbons (Fsp3) is 1.00. The molecule has 0 rings (SSSR count). The normalized spacial score (nSPS) is 13.0. The van der Waals surface area contributed by atoms with Crippen molar-refractivity contribution in [2.45, 2.75) is 45.6 Å². The summed E-state index contributed by atoms with van der Waals surface area (Å²) in [5.41, 5.74) is 0. The summed E-state index contributed by atoms with van der Waals surface area (Å²) in [4.78, 5) is 0. The molecule has 0 aromatic carbocycles. The van der Waals surface area contributed by atoms with Crippen molar-refractivity contribution in [3.8, 4) is 0 Å². The van der Waals surface area contributed by atoms with Crippen LogP contribution in [0.1, 0.15) is 39.5 Å². The lowest BCUT2D eigenvalue weighted by molar-refractivity contribution is 0.189. The molecule has 0 radical (unpaired) electrons. The Morgan fingerprint density at radius 2 is 2.07 bits per heavy atom. The molecule has 0 aromatic heterocycles. The standard InChI is InChI=1S/C12H27NOS/c1-4-8-13-12(7-6-9-14-3)11-15-10-5-2/h12-13H,4-11H2,1-3H3. The van der Waals surface area contributed by atoms with Crippen LogP contribution in [-0.4, -0.2) is 37.8 Å². The van der Waals surface area contributed by atoms with E-state index in [9.17, 15) is 0 Å². The lowest BCUT2D eigenvalue weighted by Gasteiger charge is -2.17. The van der Waals surface area contributed by atoms with Gasteiger partial charge in [-0.25, -0.2) is 0 Å². The smallest absolute Gasteiger partial charge is 0.0462 e. The van der Waals surface area contributed by atoms with E-state index in [1.165, 1.54) is 37.2 Å². The molecule has 0 aliphatic rings. The molecular weight excluding hydrogens is 206 g/mol. The van der Waals surface area contributed by atoms with Gasteiger partial charge in [0.15, 0.2) is 0 Å². The van der Waals surface area contributed by atoms with Gasteiger partial charge in [0.25, 0.3) is 0 Å². The lowest BCUT2D eigenvalue weighted by Crippen LogP contribution is -2.32. The van der Waals surface area contributed by atoms with Crippen LogP contribution in [0, 0.1) is 0 Å². The summed E-state index contributed by atoms with van der Waals surface area (Å²) in [6, 6.07) is 0.677. The maximum Gasteiger partial charge on any atom is 0.0462 e. The molecule has 0 aliphatic carbocycles. The minimum absolute atomic E-state index is 0.677. The van der Waals surface area contributed by atoms with E-state index in [-0.39, 0.29) is 0 Å². The summed E-state index contributed by atoms with van der Waals surface area (Å²) in [7, 11) is 1.78.